The number of aromatic nitrogens is 1. The summed E-state index contributed by atoms with van der Waals surface area (Å²) in [5, 5.41) is 8.61. The fourth-order valence-corrected chi connectivity index (χ4v) is 2.03. The summed E-state index contributed by atoms with van der Waals surface area (Å²) in [6.07, 6.45) is -2.88. The van der Waals surface area contributed by atoms with E-state index in [1.165, 1.54) is 13.0 Å². The van der Waals surface area contributed by atoms with Crippen LogP contribution in [-0.2, 0) is 9.05 Å². The van der Waals surface area contributed by atoms with Crippen molar-refractivity contribution in [2.45, 2.75) is 18.2 Å². The van der Waals surface area contributed by atoms with Crippen LogP contribution in [0, 0.1) is 18.3 Å². The van der Waals surface area contributed by atoms with Crippen molar-refractivity contribution < 1.29 is 17.2 Å². The first-order valence-corrected chi connectivity index (χ1v) is 6.22. The summed E-state index contributed by atoms with van der Waals surface area (Å²) in [7, 11) is 0.743. The van der Waals surface area contributed by atoms with E-state index in [0.717, 1.165) is 0 Å². The Balaban J connectivity index is 3.62. The number of nitrogens with zero attached hydrogens (tertiary/aromatic N) is 2. The van der Waals surface area contributed by atoms with E-state index in [1.54, 1.807) is 0 Å². The van der Waals surface area contributed by atoms with E-state index in [9.17, 15) is 17.2 Å². The molecular formula is C8H5ClF2N2O2S. The highest BCUT2D eigenvalue weighted by Crippen LogP contribution is 2.27. The van der Waals surface area contributed by atoms with Crippen molar-refractivity contribution >= 4 is 19.7 Å². The van der Waals surface area contributed by atoms with Gasteiger partial charge in [0.05, 0.1) is 0 Å². The molecule has 8 heteroatoms. The van der Waals surface area contributed by atoms with Crippen LogP contribution in [0.2, 0.25) is 0 Å². The quantitative estimate of drug-likeness (QED) is 0.769. The lowest BCUT2D eigenvalue weighted by atomic mass is 10.2. The second-order valence-corrected chi connectivity index (χ2v) is 5.39. The third-order valence-electron chi connectivity index (χ3n) is 1.82. The Kier molecular flexibility index (Phi) is 3.45. The zero-order chi connectivity index (χ0) is 12.5. The molecule has 0 saturated carbocycles. The van der Waals surface area contributed by atoms with Gasteiger partial charge in [-0.25, -0.2) is 22.2 Å². The van der Waals surface area contributed by atoms with Crippen LogP contribution in [0.5, 0.6) is 0 Å². The van der Waals surface area contributed by atoms with Crippen LogP contribution in [0.4, 0.5) is 8.78 Å². The largest absolute Gasteiger partial charge is 0.265 e. The summed E-state index contributed by atoms with van der Waals surface area (Å²) >= 11 is 0. The second kappa shape index (κ2) is 4.31. The van der Waals surface area contributed by atoms with Gasteiger partial charge in [0.1, 0.15) is 11.0 Å². The lowest BCUT2D eigenvalue weighted by molar-refractivity contribution is 0.149. The maximum Gasteiger partial charge on any atom is 0.265 e. The van der Waals surface area contributed by atoms with Crippen LogP contribution in [0.15, 0.2) is 11.0 Å². The predicted molar refractivity (Wildman–Crippen MR) is 51.7 cm³/mol. The predicted octanol–water partition coefficient (Wildman–Crippen LogP) is 2.13. The number of alkyl halides is 2. The normalized spacial score (nSPS) is 11.5. The highest BCUT2D eigenvalue weighted by atomic mass is 35.7. The van der Waals surface area contributed by atoms with Crippen LogP contribution < -0.4 is 0 Å². The summed E-state index contributed by atoms with van der Waals surface area (Å²) in [5.74, 6) is 0. The minimum Gasteiger partial charge on any atom is -0.241 e. The Labute approximate surface area is 94.9 Å². The molecule has 0 spiro atoms. The van der Waals surface area contributed by atoms with Crippen molar-refractivity contribution in [3.8, 4) is 6.07 Å². The Morgan fingerprint density at radius 1 is 1.56 bits per heavy atom. The van der Waals surface area contributed by atoms with Crippen LogP contribution in [-0.4, -0.2) is 13.4 Å². The maximum absolute atomic E-state index is 12.5. The molecule has 0 aliphatic carbocycles. The molecule has 0 amide bonds. The Hall–Kier alpha value is -1.26. The molecule has 0 saturated heterocycles. The molecule has 0 fully saturated rings. The van der Waals surface area contributed by atoms with Crippen molar-refractivity contribution in [2.75, 3.05) is 0 Å². The zero-order valence-corrected chi connectivity index (χ0v) is 9.48. The van der Waals surface area contributed by atoms with Gasteiger partial charge in [-0.15, -0.1) is 0 Å². The maximum atomic E-state index is 12.5. The molecular weight excluding hydrogens is 262 g/mol. The van der Waals surface area contributed by atoms with Gasteiger partial charge in [0, 0.05) is 21.9 Å². The van der Waals surface area contributed by atoms with Crippen molar-refractivity contribution in [1.82, 2.24) is 4.98 Å². The molecule has 1 aromatic rings. The van der Waals surface area contributed by atoms with Crippen molar-refractivity contribution in [3.63, 3.8) is 0 Å². The molecule has 86 valence electrons. The second-order valence-electron chi connectivity index (χ2n) is 2.86. The topological polar surface area (TPSA) is 70.8 Å². The van der Waals surface area contributed by atoms with Crippen molar-refractivity contribution in [1.29, 1.82) is 5.26 Å². The van der Waals surface area contributed by atoms with E-state index >= 15 is 0 Å². The van der Waals surface area contributed by atoms with E-state index in [1.807, 2.05) is 0 Å². The van der Waals surface area contributed by atoms with Gasteiger partial charge in [0.2, 0.25) is 0 Å². The standard InChI is InChI=1S/C8H5ClF2N2O2S/c1-4-5(8(10)11)2-7(16(9,14)15)6(3-12)13-4/h2,8H,1H3. The Morgan fingerprint density at radius 3 is 2.50 bits per heavy atom. The van der Waals surface area contributed by atoms with Crippen LogP contribution in [0.25, 0.3) is 0 Å². The number of halogens is 3. The lowest BCUT2D eigenvalue weighted by Crippen LogP contribution is -2.03. The van der Waals surface area contributed by atoms with Crippen LogP contribution in [0.3, 0.4) is 0 Å². The Morgan fingerprint density at radius 2 is 2.12 bits per heavy atom. The van der Waals surface area contributed by atoms with Gasteiger partial charge < -0.3 is 0 Å². The summed E-state index contributed by atoms with van der Waals surface area (Å²) in [6.45, 7) is 1.26. The fourth-order valence-electron chi connectivity index (χ4n) is 1.09. The minimum atomic E-state index is -4.26. The molecule has 1 rings (SSSR count). The van der Waals surface area contributed by atoms with Crippen LogP contribution in [0.1, 0.15) is 23.4 Å². The van der Waals surface area contributed by atoms with Crippen molar-refractivity contribution in [3.05, 3.63) is 23.0 Å². The SMILES string of the molecule is Cc1nc(C#N)c(S(=O)(=O)Cl)cc1C(F)F. The highest BCUT2D eigenvalue weighted by Gasteiger charge is 2.22. The van der Waals surface area contributed by atoms with E-state index in [0.29, 0.717) is 6.07 Å². The lowest BCUT2D eigenvalue weighted by Gasteiger charge is -2.06. The van der Waals surface area contributed by atoms with Gasteiger partial charge in [-0.05, 0) is 13.0 Å². The molecule has 0 atom stereocenters. The first kappa shape index (κ1) is 12.8. The van der Waals surface area contributed by atoms with E-state index in [2.05, 4.69) is 4.98 Å². The molecule has 0 aromatic carbocycles. The number of nitriles is 1. The first-order chi connectivity index (χ1) is 7.27. The summed E-state index contributed by atoms with van der Waals surface area (Å²) in [4.78, 5) is 2.78. The first-order valence-electron chi connectivity index (χ1n) is 3.92. The van der Waals surface area contributed by atoms with E-state index in [4.69, 9.17) is 15.9 Å². The molecule has 0 N–H and O–H groups in total. The monoisotopic (exact) mass is 266 g/mol. The number of hydrogen-bond donors (Lipinski definition) is 0. The van der Waals surface area contributed by atoms with E-state index in [-0.39, 0.29) is 5.69 Å². The summed E-state index contributed by atoms with van der Waals surface area (Å²) < 4.78 is 47.0. The molecule has 1 heterocycles. The van der Waals surface area contributed by atoms with Gasteiger partial charge in [-0.2, -0.15) is 5.26 Å². The molecule has 1 aromatic heterocycles. The van der Waals surface area contributed by atoms with Crippen LogP contribution >= 0.6 is 10.7 Å². The molecule has 4 nitrogen and oxygen atoms in total. The van der Waals surface area contributed by atoms with Gasteiger partial charge in [0.15, 0.2) is 5.69 Å². The van der Waals surface area contributed by atoms with Crippen molar-refractivity contribution in [2.24, 2.45) is 0 Å². The van der Waals surface area contributed by atoms with Gasteiger partial charge >= 0.3 is 0 Å². The van der Waals surface area contributed by atoms with Gasteiger partial charge in [-0.1, -0.05) is 0 Å². The van der Waals surface area contributed by atoms with Gasteiger partial charge in [-0.3, -0.25) is 0 Å². The third kappa shape index (κ3) is 2.46. The smallest absolute Gasteiger partial charge is 0.241 e. The molecule has 0 bridgehead atoms. The highest BCUT2D eigenvalue weighted by molar-refractivity contribution is 8.13. The van der Waals surface area contributed by atoms with E-state index < -0.39 is 31.6 Å². The molecule has 16 heavy (non-hydrogen) atoms. The Bertz CT molecular complexity index is 566. The number of hydrogen-bond acceptors (Lipinski definition) is 4. The average molecular weight is 267 g/mol. The summed E-state index contributed by atoms with van der Waals surface area (Å²) in [6, 6.07) is 2.16. The number of pyridine rings is 1. The minimum absolute atomic E-state index is 0.101. The fraction of sp³-hybridized carbons (Fsp3) is 0.250. The number of rotatable bonds is 2. The number of aryl methyl sites for hydroxylation is 1. The molecule has 0 radical (unpaired) electrons. The molecule has 0 aliphatic heterocycles. The van der Waals surface area contributed by atoms with Gasteiger partial charge in [0.25, 0.3) is 15.5 Å². The summed E-state index contributed by atoms with van der Waals surface area (Å²) in [5.41, 5.74) is -1.15. The zero-order valence-electron chi connectivity index (χ0n) is 7.91. The third-order valence-corrected chi connectivity index (χ3v) is 3.16. The molecule has 0 unspecified atom stereocenters. The average Bonchev–Trinajstić information content (AvgIpc) is 2.14. The molecule has 0 aliphatic rings.